The van der Waals surface area contributed by atoms with Gasteiger partial charge in [0.15, 0.2) is 11.8 Å². The monoisotopic (exact) mass is 287 g/mol. The number of hydrogen-bond acceptors (Lipinski definition) is 5. The van der Waals surface area contributed by atoms with E-state index < -0.39 is 5.92 Å². The number of alkyl halides is 2. The van der Waals surface area contributed by atoms with Crippen molar-refractivity contribution in [3.05, 3.63) is 22.3 Å². The zero-order chi connectivity index (χ0) is 14.0. The van der Waals surface area contributed by atoms with Crippen molar-refractivity contribution >= 4 is 23.1 Å². The van der Waals surface area contributed by atoms with Gasteiger partial charge in [-0.1, -0.05) is 0 Å². The molecule has 10 heteroatoms. The second-order valence-electron chi connectivity index (χ2n) is 3.78. The fraction of sp³-hybridized carbons (Fsp3) is 0.333. The second kappa shape index (κ2) is 4.88. The molecule has 2 aromatic heterocycles. The van der Waals surface area contributed by atoms with Crippen LogP contribution in [0.15, 0.2) is 16.6 Å². The van der Waals surface area contributed by atoms with Crippen molar-refractivity contribution in [3.63, 3.8) is 0 Å². The van der Waals surface area contributed by atoms with Crippen LogP contribution in [-0.2, 0) is 12.5 Å². The predicted octanol–water partition coefficient (Wildman–Crippen LogP) is 0.799. The summed E-state index contributed by atoms with van der Waals surface area (Å²) in [6.45, 7) is 0.982. The van der Waals surface area contributed by atoms with Crippen molar-refractivity contribution < 1.29 is 8.78 Å². The van der Waals surface area contributed by atoms with Crippen LogP contribution >= 0.6 is 11.3 Å². The quantitative estimate of drug-likeness (QED) is 0.638. The predicted molar refractivity (Wildman–Crippen MR) is 66.3 cm³/mol. The van der Waals surface area contributed by atoms with Crippen LogP contribution in [-0.4, -0.2) is 25.9 Å². The molecule has 0 aliphatic rings. The zero-order valence-electron chi connectivity index (χ0n) is 9.92. The molecule has 0 atom stereocenters. The minimum absolute atomic E-state index is 0.130. The Hall–Kier alpha value is -2.10. The van der Waals surface area contributed by atoms with E-state index in [1.165, 1.54) is 16.4 Å². The molecule has 0 fully saturated rings. The van der Waals surface area contributed by atoms with Crippen LogP contribution in [0.2, 0.25) is 0 Å². The highest BCUT2D eigenvalue weighted by atomic mass is 32.1. The first-order chi connectivity index (χ1) is 8.84. The minimum atomic E-state index is -2.95. The second-order valence-corrected chi connectivity index (χ2v) is 4.73. The summed E-state index contributed by atoms with van der Waals surface area (Å²) in [5, 5.41) is 9.65. The Morgan fingerprint density at radius 1 is 1.53 bits per heavy atom. The summed E-state index contributed by atoms with van der Waals surface area (Å²) in [5.74, 6) is -2.83. The molecule has 0 saturated heterocycles. The van der Waals surface area contributed by atoms with Gasteiger partial charge in [0.2, 0.25) is 0 Å². The maximum atomic E-state index is 13.0. The highest BCUT2D eigenvalue weighted by molar-refractivity contribution is 7.09. The number of thiazole rings is 1. The van der Waals surface area contributed by atoms with Gasteiger partial charge in [0, 0.05) is 12.3 Å². The van der Waals surface area contributed by atoms with E-state index in [0.29, 0.717) is 5.01 Å². The third-order valence-corrected chi connectivity index (χ3v) is 2.88. The van der Waals surface area contributed by atoms with Gasteiger partial charge in [-0.25, -0.2) is 4.98 Å². The molecule has 2 aromatic rings. The normalized spacial score (nSPS) is 11.5. The summed E-state index contributed by atoms with van der Waals surface area (Å²) in [4.78, 5) is 8.81. The molecule has 0 amide bonds. The van der Waals surface area contributed by atoms with Crippen LogP contribution in [0.25, 0.3) is 0 Å². The van der Waals surface area contributed by atoms with Gasteiger partial charge in [-0.05, 0) is 0 Å². The van der Waals surface area contributed by atoms with Gasteiger partial charge in [-0.15, -0.1) is 16.4 Å². The Bertz CT molecular complexity index is 594. The number of nitrogens with two attached hydrogens (primary N) is 2. The van der Waals surface area contributed by atoms with Crippen LogP contribution < -0.4 is 11.5 Å². The molecule has 0 aromatic carbocycles. The van der Waals surface area contributed by atoms with E-state index in [2.05, 4.69) is 20.2 Å². The first-order valence-corrected chi connectivity index (χ1v) is 6.05. The Morgan fingerprint density at radius 3 is 2.84 bits per heavy atom. The molecular weight excluding hydrogens is 276 g/mol. The van der Waals surface area contributed by atoms with Crippen molar-refractivity contribution in [2.75, 3.05) is 0 Å². The lowest BCUT2D eigenvalue weighted by molar-refractivity contribution is 0.0132. The van der Waals surface area contributed by atoms with E-state index in [9.17, 15) is 8.78 Å². The number of aromatic nitrogens is 4. The molecule has 0 radical (unpaired) electrons. The molecule has 7 nitrogen and oxygen atoms in total. The van der Waals surface area contributed by atoms with Crippen LogP contribution in [0.4, 0.5) is 14.6 Å². The molecule has 102 valence electrons. The van der Waals surface area contributed by atoms with Crippen LogP contribution in [0.3, 0.4) is 0 Å². The lowest BCUT2D eigenvalue weighted by Gasteiger charge is -2.04. The lowest BCUT2D eigenvalue weighted by atomic mass is 10.3. The molecule has 19 heavy (non-hydrogen) atoms. The van der Waals surface area contributed by atoms with E-state index in [4.69, 9.17) is 11.5 Å². The third-order valence-electron chi connectivity index (χ3n) is 2.05. The Morgan fingerprint density at radius 2 is 2.26 bits per heavy atom. The summed E-state index contributed by atoms with van der Waals surface area (Å²) >= 11 is 1.12. The van der Waals surface area contributed by atoms with Gasteiger partial charge < -0.3 is 11.5 Å². The molecule has 2 heterocycles. The van der Waals surface area contributed by atoms with E-state index >= 15 is 0 Å². The zero-order valence-corrected chi connectivity index (χ0v) is 10.7. The average molecular weight is 287 g/mol. The van der Waals surface area contributed by atoms with Gasteiger partial charge >= 0.3 is 0 Å². The summed E-state index contributed by atoms with van der Waals surface area (Å²) in [7, 11) is 0. The van der Waals surface area contributed by atoms with Crippen molar-refractivity contribution in [3.8, 4) is 0 Å². The Kier molecular flexibility index (Phi) is 3.42. The average Bonchev–Trinajstić information content (AvgIpc) is 2.86. The number of hydrogen-bond donors (Lipinski definition) is 2. The molecule has 0 unspecified atom stereocenters. The largest absolute Gasteiger partial charge is 0.370 e. The van der Waals surface area contributed by atoms with Crippen molar-refractivity contribution in [2.45, 2.75) is 19.4 Å². The van der Waals surface area contributed by atoms with Gasteiger partial charge in [-0.3, -0.25) is 0 Å². The number of rotatable bonds is 4. The SMILES string of the molecule is CC(F)(F)c1csc(Cn2ncc(N=C(N)N)n2)n1. The summed E-state index contributed by atoms with van der Waals surface area (Å²) in [6, 6.07) is 0. The van der Waals surface area contributed by atoms with Gasteiger partial charge in [-0.2, -0.15) is 23.7 Å². The fourth-order valence-electron chi connectivity index (χ4n) is 1.25. The summed E-state index contributed by atoms with van der Waals surface area (Å²) in [6.07, 6.45) is 1.36. The molecule has 2 rings (SSSR count). The Balaban J connectivity index is 2.11. The van der Waals surface area contributed by atoms with Crippen LogP contribution in [0.1, 0.15) is 17.6 Å². The number of nitrogens with zero attached hydrogens (tertiary/aromatic N) is 5. The van der Waals surface area contributed by atoms with Crippen LogP contribution in [0.5, 0.6) is 0 Å². The van der Waals surface area contributed by atoms with Gasteiger partial charge in [0.1, 0.15) is 17.2 Å². The van der Waals surface area contributed by atoms with Gasteiger partial charge in [0.05, 0.1) is 6.20 Å². The van der Waals surface area contributed by atoms with Crippen LogP contribution in [0, 0.1) is 0 Å². The van der Waals surface area contributed by atoms with Crippen molar-refractivity contribution in [1.29, 1.82) is 0 Å². The molecular formula is C9H11F2N7S. The first kappa shape index (κ1) is 13.3. The summed E-state index contributed by atoms with van der Waals surface area (Å²) in [5.41, 5.74) is 10.1. The number of halogens is 2. The van der Waals surface area contributed by atoms with E-state index in [0.717, 1.165) is 18.3 Å². The molecule has 0 bridgehead atoms. The first-order valence-electron chi connectivity index (χ1n) is 5.17. The number of guanidine groups is 1. The molecule has 4 N–H and O–H groups in total. The minimum Gasteiger partial charge on any atom is -0.370 e. The molecule has 0 aliphatic heterocycles. The molecule has 0 spiro atoms. The van der Waals surface area contributed by atoms with E-state index in [1.807, 2.05) is 0 Å². The fourth-order valence-corrected chi connectivity index (χ4v) is 2.10. The summed E-state index contributed by atoms with van der Waals surface area (Å²) < 4.78 is 26.0. The molecule has 0 saturated carbocycles. The van der Waals surface area contributed by atoms with Crippen molar-refractivity contribution in [1.82, 2.24) is 20.0 Å². The topological polar surface area (TPSA) is 108 Å². The highest BCUT2D eigenvalue weighted by Gasteiger charge is 2.27. The highest BCUT2D eigenvalue weighted by Crippen LogP contribution is 2.28. The van der Waals surface area contributed by atoms with E-state index in [-0.39, 0.29) is 24.0 Å². The van der Waals surface area contributed by atoms with E-state index in [1.54, 1.807) is 0 Å². The maximum absolute atomic E-state index is 13.0. The third kappa shape index (κ3) is 3.44. The van der Waals surface area contributed by atoms with Crippen molar-refractivity contribution in [2.24, 2.45) is 16.5 Å². The smallest absolute Gasteiger partial charge is 0.287 e. The number of aliphatic imine (C=N–C) groups is 1. The molecule has 0 aliphatic carbocycles. The standard InChI is InChI=1S/C9H11F2N7S/c1-9(10,11)5-4-19-7(15-5)3-18-14-2-6(17-18)16-8(12)13/h2,4H,3H2,1H3,(H4,12,13,16,17). The van der Waals surface area contributed by atoms with Gasteiger partial charge in [0.25, 0.3) is 5.92 Å². The lowest BCUT2D eigenvalue weighted by Crippen LogP contribution is -2.21. The maximum Gasteiger partial charge on any atom is 0.287 e. The Labute approximate surface area is 111 Å².